The molecule has 1 saturated heterocycles. The molecule has 1 aliphatic heterocycles. The van der Waals surface area contributed by atoms with E-state index in [1.165, 1.54) is 28.1 Å². The Kier molecular flexibility index (Phi) is 9.27. The summed E-state index contributed by atoms with van der Waals surface area (Å²) in [6.07, 6.45) is 0.263. The fraction of sp³-hybridized carbons (Fsp3) is 0.387. The standard InChI is InChI=1S/C31H36F3N9O4S/c1-7-15-42-27(44)22-18-35-28(38-26(22)43(42)25-10-8-9-24(37-25)39-48(5,6)46)36-20-11-13-21(14-12-20)40-16-17-41(23(19-40)31(32,33)34)29(45)47-30(2,3)4/h7-14,18,23H,1,15-17,19H2,2-6H3,(H,35,36,38). The number of allylic oxidation sites excluding steroid dienone is 1. The predicted molar refractivity (Wildman–Crippen MR) is 178 cm³/mol. The molecule has 0 spiro atoms. The highest BCUT2D eigenvalue weighted by Crippen LogP contribution is 2.32. The van der Waals surface area contributed by atoms with E-state index in [0.29, 0.717) is 17.2 Å². The number of fused-ring (bicyclic) bond motifs is 1. The van der Waals surface area contributed by atoms with Gasteiger partial charge >= 0.3 is 12.3 Å². The van der Waals surface area contributed by atoms with E-state index >= 15 is 0 Å². The van der Waals surface area contributed by atoms with Crippen LogP contribution in [0.1, 0.15) is 20.8 Å². The molecule has 13 nitrogen and oxygen atoms in total. The Bertz CT molecular complexity index is 2020. The van der Waals surface area contributed by atoms with Gasteiger partial charge in [-0.3, -0.25) is 9.69 Å². The van der Waals surface area contributed by atoms with Crippen molar-refractivity contribution in [3.63, 3.8) is 0 Å². The van der Waals surface area contributed by atoms with Crippen molar-refractivity contribution in [2.75, 3.05) is 42.4 Å². The first kappa shape index (κ1) is 34.4. The molecule has 4 heterocycles. The van der Waals surface area contributed by atoms with E-state index in [4.69, 9.17) is 4.74 Å². The van der Waals surface area contributed by atoms with E-state index < -0.39 is 40.2 Å². The van der Waals surface area contributed by atoms with Gasteiger partial charge in [-0.1, -0.05) is 12.1 Å². The van der Waals surface area contributed by atoms with E-state index in [1.54, 1.807) is 74.2 Å². The summed E-state index contributed by atoms with van der Waals surface area (Å²) in [5.41, 5.74) is 0.0177. The quantitative estimate of drug-likeness (QED) is 0.258. The van der Waals surface area contributed by atoms with Crippen molar-refractivity contribution in [3.05, 3.63) is 71.7 Å². The summed E-state index contributed by atoms with van der Waals surface area (Å²) in [7, 11) is -2.50. The highest BCUT2D eigenvalue weighted by Gasteiger charge is 2.49. The number of amides is 1. The number of nitrogens with zero attached hydrogens (tertiary/aromatic N) is 8. The number of nitrogens with one attached hydrogen (secondary N) is 1. The molecule has 1 aromatic carbocycles. The Morgan fingerprint density at radius 3 is 2.46 bits per heavy atom. The SMILES string of the molecule is C=CCn1c(=O)c2cnc(Nc3ccc(N4CCN(C(=O)OC(C)(C)C)C(C(F)(F)F)C4)cc3)nc2n1-c1cccc(N=S(C)(C)=O)n1. The lowest BCUT2D eigenvalue weighted by atomic mass is 10.1. The van der Waals surface area contributed by atoms with Crippen LogP contribution in [0.4, 0.5) is 41.1 Å². The number of anilines is 3. The molecule has 1 unspecified atom stereocenters. The monoisotopic (exact) mass is 687 g/mol. The van der Waals surface area contributed by atoms with E-state index in [-0.39, 0.29) is 48.0 Å². The average Bonchev–Trinajstić information content (AvgIpc) is 3.25. The molecule has 1 N–H and O–H groups in total. The minimum Gasteiger partial charge on any atom is -0.444 e. The molecule has 1 aliphatic rings. The zero-order valence-electron chi connectivity index (χ0n) is 27.1. The predicted octanol–water partition coefficient (Wildman–Crippen LogP) is 5.25. The largest absolute Gasteiger partial charge is 0.444 e. The first-order valence-corrected chi connectivity index (χ1v) is 17.2. The first-order valence-electron chi connectivity index (χ1n) is 14.9. The third-order valence-electron chi connectivity index (χ3n) is 7.10. The first-order chi connectivity index (χ1) is 22.4. The maximum absolute atomic E-state index is 14.0. The molecule has 48 heavy (non-hydrogen) atoms. The van der Waals surface area contributed by atoms with Gasteiger partial charge in [0.15, 0.2) is 17.3 Å². The number of carbonyl (C=O) groups excluding carboxylic acids is 1. The van der Waals surface area contributed by atoms with Crippen molar-refractivity contribution in [1.29, 1.82) is 0 Å². The van der Waals surface area contributed by atoms with Gasteiger partial charge in [-0.2, -0.15) is 22.5 Å². The highest BCUT2D eigenvalue weighted by molar-refractivity contribution is 7.92. The third-order valence-corrected chi connectivity index (χ3v) is 7.73. The molecular formula is C31H36F3N9O4S. The van der Waals surface area contributed by atoms with E-state index in [9.17, 15) is 27.0 Å². The van der Waals surface area contributed by atoms with Crippen LogP contribution in [0.2, 0.25) is 0 Å². The number of halogens is 3. The van der Waals surface area contributed by atoms with Crippen LogP contribution in [0, 0.1) is 0 Å². The lowest BCUT2D eigenvalue weighted by molar-refractivity contribution is -0.181. The third kappa shape index (κ3) is 7.78. The lowest BCUT2D eigenvalue weighted by Crippen LogP contribution is -2.61. The van der Waals surface area contributed by atoms with Gasteiger partial charge in [-0.25, -0.2) is 28.3 Å². The second-order valence-electron chi connectivity index (χ2n) is 12.4. The Balaban J connectivity index is 1.41. The van der Waals surface area contributed by atoms with Gasteiger partial charge in [-0.05, 0) is 57.2 Å². The van der Waals surface area contributed by atoms with Crippen LogP contribution < -0.4 is 15.8 Å². The number of benzene rings is 1. The van der Waals surface area contributed by atoms with E-state index in [0.717, 1.165) is 4.90 Å². The van der Waals surface area contributed by atoms with Crippen LogP contribution in [0.15, 0.2) is 70.5 Å². The second kappa shape index (κ2) is 12.9. The summed E-state index contributed by atoms with van der Waals surface area (Å²) in [5.74, 6) is 0.683. The Morgan fingerprint density at radius 2 is 1.83 bits per heavy atom. The summed E-state index contributed by atoms with van der Waals surface area (Å²) < 4.78 is 66.7. The molecule has 0 aliphatic carbocycles. The van der Waals surface area contributed by atoms with Crippen molar-refractivity contribution in [1.82, 2.24) is 29.2 Å². The zero-order chi connectivity index (χ0) is 35.0. The van der Waals surface area contributed by atoms with E-state index in [2.05, 4.69) is 31.2 Å². The topological polar surface area (TPSA) is 140 Å². The number of hydrogen-bond donors (Lipinski definition) is 1. The lowest BCUT2D eigenvalue weighted by Gasteiger charge is -2.43. The van der Waals surface area contributed by atoms with Crippen LogP contribution in [0.3, 0.4) is 0 Å². The van der Waals surface area contributed by atoms with Gasteiger partial charge in [0.25, 0.3) is 5.56 Å². The number of alkyl halides is 3. The molecule has 5 rings (SSSR count). The highest BCUT2D eigenvalue weighted by atomic mass is 32.2. The normalized spacial score (nSPS) is 15.8. The van der Waals surface area contributed by atoms with Crippen LogP contribution in [0.5, 0.6) is 0 Å². The van der Waals surface area contributed by atoms with E-state index in [1.807, 2.05) is 0 Å². The van der Waals surface area contributed by atoms with Crippen molar-refractivity contribution in [2.24, 2.45) is 4.36 Å². The van der Waals surface area contributed by atoms with Gasteiger partial charge in [-0.15, -0.1) is 6.58 Å². The molecule has 1 atom stereocenters. The Morgan fingerprint density at radius 1 is 1.12 bits per heavy atom. The fourth-order valence-corrected chi connectivity index (χ4v) is 5.69. The van der Waals surface area contributed by atoms with Crippen LogP contribution in [0.25, 0.3) is 16.9 Å². The van der Waals surface area contributed by atoms with Crippen molar-refractivity contribution < 1.29 is 26.9 Å². The molecule has 0 radical (unpaired) electrons. The Hall–Kier alpha value is -4.93. The van der Waals surface area contributed by atoms with Gasteiger partial charge in [0, 0.05) is 59.4 Å². The number of pyridine rings is 1. The van der Waals surface area contributed by atoms with Crippen molar-refractivity contribution in [3.8, 4) is 5.82 Å². The van der Waals surface area contributed by atoms with Crippen LogP contribution in [-0.2, 0) is 21.0 Å². The molecule has 1 amide bonds. The molecule has 3 aromatic heterocycles. The van der Waals surface area contributed by atoms with Gasteiger partial charge in [0.05, 0.1) is 6.54 Å². The second-order valence-corrected chi connectivity index (χ2v) is 14.9. The zero-order valence-corrected chi connectivity index (χ0v) is 27.9. The summed E-state index contributed by atoms with van der Waals surface area (Å²) in [6, 6.07) is 9.56. The summed E-state index contributed by atoms with van der Waals surface area (Å²) in [4.78, 5) is 41.5. The minimum atomic E-state index is -4.65. The molecule has 17 heteroatoms. The summed E-state index contributed by atoms with van der Waals surface area (Å²) in [6.45, 7) is 8.25. The summed E-state index contributed by atoms with van der Waals surface area (Å²) >= 11 is 0. The number of rotatable bonds is 7. The fourth-order valence-electron chi connectivity index (χ4n) is 5.14. The molecule has 256 valence electrons. The number of hydrogen-bond acceptors (Lipinski definition) is 10. The van der Waals surface area contributed by atoms with Gasteiger partial charge in [0.2, 0.25) is 5.95 Å². The average molecular weight is 688 g/mol. The number of ether oxygens (including phenoxy) is 1. The smallest absolute Gasteiger partial charge is 0.410 e. The Labute approximate surface area is 275 Å². The maximum atomic E-state index is 14.0. The van der Waals surface area contributed by atoms with Gasteiger partial charge < -0.3 is 15.0 Å². The van der Waals surface area contributed by atoms with Crippen molar-refractivity contribution in [2.45, 2.75) is 45.1 Å². The van der Waals surface area contributed by atoms with Crippen molar-refractivity contribution >= 4 is 50.0 Å². The molecule has 0 saturated carbocycles. The molecule has 4 aromatic rings. The summed E-state index contributed by atoms with van der Waals surface area (Å²) in [5, 5.41) is 3.30. The van der Waals surface area contributed by atoms with Crippen LogP contribution in [-0.4, -0.2) is 89.5 Å². The molecular weight excluding hydrogens is 651 g/mol. The minimum absolute atomic E-state index is 0.141. The number of carbonyl (C=O) groups is 1. The van der Waals surface area contributed by atoms with Gasteiger partial charge in [0.1, 0.15) is 17.0 Å². The molecule has 1 fully saturated rings. The maximum Gasteiger partial charge on any atom is 0.410 e. The number of aromatic nitrogens is 5. The van der Waals surface area contributed by atoms with Crippen LogP contribution >= 0.6 is 0 Å². The number of piperazine rings is 1. The molecule has 0 bridgehead atoms.